The number of carboxylic acid groups (broad SMARTS) is 1. The maximum Gasteiger partial charge on any atom is 0.304 e. The highest BCUT2D eigenvalue weighted by molar-refractivity contribution is 7.10. The fourth-order valence-corrected chi connectivity index (χ4v) is 2.70. The minimum absolute atomic E-state index is 0.0342. The SMILES string of the molecule is Cc1ccc(C(CC(=O)O)c2cccs2)cc1. The van der Waals surface area contributed by atoms with Gasteiger partial charge in [-0.3, -0.25) is 4.79 Å². The summed E-state index contributed by atoms with van der Waals surface area (Å²) in [5.41, 5.74) is 2.26. The molecular formula is C14H14O2S. The second kappa shape index (κ2) is 5.15. The Morgan fingerprint density at radius 1 is 1.29 bits per heavy atom. The van der Waals surface area contributed by atoms with Crippen molar-refractivity contribution in [3.63, 3.8) is 0 Å². The molecule has 0 aliphatic carbocycles. The van der Waals surface area contributed by atoms with Crippen molar-refractivity contribution in [2.75, 3.05) is 0 Å². The average Bonchev–Trinajstić information content (AvgIpc) is 2.80. The smallest absolute Gasteiger partial charge is 0.304 e. The van der Waals surface area contributed by atoms with Gasteiger partial charge in [0.1, 0.15) is 0 Å². The number of aliphatic carboxylic acids is 1. The molecule has 2 rings (SSSR count). The number of rotatable bonds is 4. The lowest BCUT2D eigenvalue weighted by Crippen LogP contribution is -2.06. The molecule has 0 saturated heterocycles. The van der Waals surface area contributed by atoms with Gasteiger partial charge in [-0.25, -0.2) is 0 Å². The molecule has 0 bridgehead atoms. The number of benzene rings is 1. The van der Waals surface area contributed by atoms with Gasteiger partial charge in [-0.1, -0.05) is 35.9 Å². The van der Waals surface area contributed by atoms with Crippen molar-refractivity contribution in [3.8, 4) is 0 Å². The highest BCUT2D eigenvalue weighted by atomic mass is 32.1. The second-order valence-corrected chi connectivity index (χ2v) is 5.06. The summed E-state index contributed by atoms with van der Waals surface area (Å²) < 4.78 is 0. The zero-order chi connectivity index (χ0) is 12.3. The Morgan fingerprint density at radius 2 is 2.00 bits per heavy atom. The van der Waals surface area contributed by atoms with E-state index in [9.17, 15) is 4.79 Å². The van der Waals surface area contributed by atoms with Crippen LogP contribution in [0.3, 0.4) is 0 Å². The van der Waals surface area contributed by atoms with Crippen LogP contribution in [0, 0.1) is 6.92 Å². The molecule has 88 valence electrons. The molecule has 0 saturated carbocycles. The third-order valence-electron chi connectivity index (χ3n) is 2.75. The van der Waals surface area contributed by atoms with E-state index in [1.807, 2.05) is 48.7 Å². The summed E-state index contributed by atoms with van der Waals surface area (Å²) in [5, 5.41) is 11.0. The minimum atomic E-state index is -0.760. The summed E-state index contributed by atoms with van der Waals surface area (Å²) in [5.74, 6) is -0.794. The number of carboxylic acids is 1. The maximum absolute atomic E-state index is 10.9. The first-order chi connectivity index (χ1) is 8.16. The zero-order valence-electron chi connectivity index (χ0n) is 9.59. The van der Waals surface area contributed by atoms with Gasteiger partial charge in [0.05, 0.1) is 6.42 Å². The Hall–Kier alpha value is -1.61. The van der Waals surface area contributed by atoms with E-state index in [0.717, 1.165) is 10.4 Å². The first-order valence-corrected chi connectivity index (χ1v) is 6.36. The predicted molar refractivity (Wildman–Crippen MR) is 69.6 cm³/mol. The van der Waals surface area contributed by atoms with Crippen LogP contribution in [-0.4, -0.2) is 11.1 Å². The van der Waals surface area contributed by atoms with Crippen molar-refractivity contribution in [3.05, 3.63) is 57.8 Å². The molecule has 1 aromatic carbocycles. The molecular weight excluding hydrogens is 232 g/mol. The number of thiophene rings is 1. The first-order valence-electron chi connectivity index (χ1n) is 5.48. The quantitative estimate of drug-likeness (QED) is 0.893. The van der Waals surface area contributed by atoms with Gasteiger partial charge in [-0.2, -0.15) is 0 Å². The van der Waals surface area contributed by atoms with E-state index >= 15 is 0 Å². The molecule has 0 fully saturated rings. The van der Waals surface area contributed by atoms with Gasteiger partial charge in [0.2, 0.25) is 0 Å². The van der Waals surface area contributed by atoms with Crippen molar-refractivity contribution >= 4 is 17.3 Å². The van der Waals surface area contributed by atoms with Crippen LogP contribution in [0.4, 0.5) is 0 Å². The van der Waals surface area contributed by atoms with Crippen molar-refractivity contribution in [1.82, 2.24) is 0 Å². The van der Waals surface area contributed by atoms with Gasteiger partial charge in [-0.05, 0) is 23.9 Å². The standard InChI is InChI=1S/C14H14O2S/c1-10-4-6-11(7-5-10)12(9-14(15)16)13-3-2-8-17-13/h2-8,12H,9H2,1H3,(H,15,16). The lowest BCUT2D eigenvalue weighted by Gasteiger charge is -2.13. The summed E-state index contributed by atoms with van der Waals surface area (Å²) in [7, 11) is 0. The van der Waals surface area contributed by atoms with Crippen LogP contribution in [-0.2, 0) is 4.79 Å². The van der Waals surface area contributed by atoms with Crippen molar-refractivity contribution in [2.24, 2.45) is 0 Å². The molecule has 1 N–H and O–H groups in total. The molecule has 0 aliphatic rings. The highest BCUT2D eigenvalue weighted by Gasteiger charge is 2.18. The maximum atomic E-state index is 10.9. The molecule has 1 unspecified atom stereocenters. The predicted octanol–water partition coefficient (Wildman–Crippen LogP) is 3.66. The number of carbonyl (C=O) groups is 1. The van der Waals surface area contributed by atoms with Crippen molar-refractivity contribution in [2.45, 2.75) is 19.3 Å². The Labute approximate surface area is 105 Å². The lowest BCUT2D eigenvalue weighted by molar-refractivity contribution is -0.137. The van der Waals surface area contributed by atoms with E-state index in [2.05, 4.69) is 0 Å². The van der Waals surface area contributed by atoms with Gasteiger partial charge >= 0.3 is 5.97 Å². The zero-order valence-corrected chi connectivity index (χ0v) is 10.4. The van der Waals surface area contributed by atoms with Crippen molar-refractivity contribution in [1.29, 1.82) is 0 Å². The summed E-state index contributed by atoms with van der Waals surface area (Å²) in [6, 6.07) is 12.0. The number of hydrogen-bond acceptors (Lipinski definition) is 2. The van der Waals surface area contributed by atoms with Crippen LogP contribution in [0.25, 0.3) is 0 Å². The molecule has 0 spiro atoms. The molecule has 1 aromatic heterocycles. The van der Waals surface area contributed by atoms with Crippen LogP contribution in [0.15, 0.2) is 41.8 Å². The van der Waals surface area contributed by atoms with E-state index in [4.69, 9.17) is 5.11 Å². The van der Waals surface area contributed by atoms with Gasteiger partial charge in [0.25, 0.3) is 0 Å². The van der Waals surface area contributed by atoms with Crippen LogP contribution in [0.2, 0.25) is 0 Å². The fourth-order valence-electron chi connectivity index (χ4n) is 1.85. The molecule has 2 nitrogen and oxygen atoms in total. The van der Waals surface area contributed by atoms with Crippen LogP contribution in [0.1, 0.15) is 28.3 Å². The van der Waals surface area contributed by atoms with Crippen molar-refractivity contribution < 1.29 is 9.90 Å². The Morgan fingerprint density at radius 3 is 2.53 bits per heavy atom. The molecule has 0 amide bonds. The Balaban J connectivity index is 2.33. The molecule has 2 aromatic rings. The fraction of sp³-hybridized carbons (Fsp3) is 0.214. The average molecular weight is 246 g/mol. The van der Waals surface area contributed by atoms with Gasteiger partial charge in [-0.15, -0.1) is 11.3 Å². The van der Waals surface area contributed by atoms with Crippen LogP contribution >= 0.6 is 11.3 Å². The summed E-state index contributed by atoms with van der Waals surface area (Å²) in [6.07, 6.45) is 0.142. The topological polar surface area (TPSA) is 37.3 Å². The Kier molecular flexibility index (Phi) is 3.59. The molecule has 0 aliphatic heterocycles. The summed E-state index contributed by atoms with van der Waals surface area (Å²) >= 11 is 1.61. The minimum Gasteiger partial charge on any atom is -0.481 e. The van der Waals surface area contributed by atoms with E-state index in [-0.39, 0.29) is 12.3 Å². The van der Waals surface area contributed by atoms with E-state index in [0.29, 0.717) is 0 Å². The normalized spacial score (nSPS) is 12.3. The summed E-state index contributed by atoms with van der Waals surface area (Å²) in [4.78, 5) is 12.1. The second-order valence-electron chi connectivity index (χ2n) is 4.08. The first kappa shape index (κ1) is 11.9. The largest absolute Gasteiger partial charge is 0.481 e. The van der Waals surface area contributed by atoms with Gasteiger partial charge < -0.3 is 5.11 Å². The van der Waals surface area contributed by atoms with E-state index in [1.54, 1.807) is 11.3 Å². The molecule has 3 heteroatoms. The molecule has 1 atom stereocenters. The summed E-state index contributed by atoms with van der Waals surface area (Å²) in [6.45, 7) is 2.03. The molecule has 1 heterocycles. The highest BCUT2D eigenvalue weighted by Crippen LogP contribution is 2.31. The Bertz CT molecular complexity index is 485. The molecule has 17 heavy (non-hydrogen) atoms. The third-order valence-corrected chi connectivity index (χ3v) is 3.73. The van der Waals surface area contributed by atoms with Crippen LogP contribution < -0.4 is 0 Å². The van der Waals surface area contributed by atoms with Gasteiger partial charge in [0, 0.05) is 10.8 Å². The number of aryl methyl sites for hydroxylation is 1. The van der Waals surface area contributed by atoms with E-state index < -0.39 is 5.97 Å². The number of hydrogen-bond donors (Lipinski definition) is 1. The lowest BCUT2D eigenvalue weighted by atomic mass is 9.93. The van der Waals surface area contributed by atoms with E-state index in [1.165, 1.54) is 5.56 Å². The monoisotopic (exact) mass is 246 g/mol. The van der Waals surface area contributed by atoms with Crippen LogP contribution in [0.5, 0.6) is 0 Å². The molecule has 0 radical (unpaired) electrons. The third kappa shape index (κ3) is 2.94. The van der Waals surface area contributed by atoms with Gasteiger partial charge in [0.15, 0.2) is 0 Å².